The molecule has 1 aromatic carbocycles. The van der Waals surface area contributed by atoms with Crippen molar-refractivity contribution in [3.05, 3.63) is 57.3 Å². The second kappa shape index (κ2) is 10.6. The lowest BCUT2D eigenvalue weighted by molar-refractivity contribution is -0.140. The fourth-order valence-corrected chi connectivity index (χ4v) is 4.69. The zero-order valence-corrected chi connectivity index (χ0v) is 19.0. The Balaban J connectivity index is 1.94. The van der Waals surface area contributed by atoms with Gasteiger partial charge in [0.15, 0.2) is 0 Å². The van der Waals surface area contributed by atoms with Crippen LogP contribution < -0.4 is 4.74 Å². The fourth-order valence-electron chi connectivity index (χ4n) is 3.64. The Morgan fingerprint density at radius 2 is 1.87 bits per heavy atom. The molecule has 2 aromatic rings. The second-order valence-electron chi connectivity index (χ2n) is 7.53. The van der Waals surface area contributed by atoms with Crippen LogP contribution in [0.1, 0.15) is 48.2 Å². The number of aliphatic hydroxyl groups excluding tert-OH is 1. The third-order valence-corrected chi connectivity index (χ3v) is 6.44. The lowest BCUT2D eigenvalue weighted by Gasteiger charge is -2.24. The van der Waals surface area contributed by atoms with Gasteiger partial charge in [0.05, 0.1) is 24.8 Å². The predicted octanol–water partition coefficient (Wildman–Crippen LogP) is 4.69. The van der Waals surface area contributed by atoms with Crippen LogP contribution in [0.25, 0.3) is 5.76 Å². The van der Waals surface area contributed by atoms with Crippen LogP contribution in [0.5, 0.6) is 5.75 Å². The molecule has 0 spiro atoms. The Morgan fingerprint density at radius 1 is 1.13 bits per heavy atom. The topological polar surface area (TPSA) is 76.1 Å². The standard InChI is InChI=1S/C24H29NO5S/c1-4-5-6-13-30-18-9-7-17(8-10-18)21(26)19-20(23-16(2)11-15-31-23)25(12-14-29-3)24(28)22(19)27/h7-11,15,20,26H,4-6,12-14H2,1-3H3/b21-19-. The van der Waals surface area contributed by atoms with Gasteiger partial charge in [-0.05, 0) is 54.6 Å². The summed E-state index contributed by atoms with van der Waals surface area (Å²) in [6.45, 7) is 5.29. The van der Waals surface area contributed by atoms with Gasteiger partial charge in [0.1, 0.15) is 11.5 Å². The van der Waals surface area contributed by atoms with Crippen LogP contribution in [-0.2, 0) is 14.3 Å². The number of hydrogen-bond acceptors (Lipinski definition) is 6. The molecule has 7 heteroatoms. The molecule has 166 valence electrons. The summed E-state index contributed by atoms with van der Waals surface area (Å²) in [4.78, 5) is 28.0. The first-order valence-electron chi connectivity index (χ1n) is 10.5. The van der Waals surface area contributed by atoms with E-state index in [4.69, 9.17) is 9.47 Å². The zero-order valence-electron chi connectivity index (χ0n) is 18.2. The molecule has 1 aliphatic heterocycles. The summed E-state index contributed by atoms with van der Waals surface area (Å²) in [5.74, 6) is -0.758. The molecule has 1 atom stereocenters. The van der Waals surface area contributed by atoms with Gasteiger partial charge in [0.2, 0.25) is 0 Å². The highest BCUT2D eigenvalue weighted by molar-refractivity contribution is 7.10. The molecule has 0 bridgehead atoms. The summed E-state index contributed by atoms with van der Waals surface area (Å²) in [5.41, 5.74) is 1.56. The fraction of sp³-hybridized carbons (Fsp3) is 0.417. The summed E-state index contributed by atoms with van der Waals surface area (Å²) >= 11 is 1.47. The van der Waals surface area contributed by atoms with Crippen LogP contribution in [-0.4, -0.2) is 48.6 Å². The van der Waals surface area contributed by atoms with Gasteiger partial charge in [0.25, 0.3) is 11.7 Å². The second-order valence-corrected chi connectivity index (χ2v) is 8.48. The third kappa shape index (κ3) is 4.99. The number of carbonyl (C=O) groups excluding carboxylic acids is 2. The molecule has 1 aromatic heterocycles. The molecule has 0 radical (unpaired) electrons. The Morgan fingerprint density at radius 3 is 2.48 bits per heavy atom. The maximum atomic E-state index is 12.9. The number of methoxy groups -OCH3 is 1. The van der Waals surface area contributed by atoms with E-state index in [0.29, 0.717) is 24.5 Å². The predicted molar refractivity (Wildman–Crippen MR) is 121 cm³/mol. The summed E-state index contributed by atoms with van der Waals surface area (Å²) in [6.07, 6.45) is 3.23. The largest absolute Gasteiger partial charge is 0.507 e. The summed E-state index contributed by atoms with van der Waals surface area (Å²) in [7, 11) is 1.55. The van der Waals surface area contributed by atoms with Crippen molar-refractivity contribution in [1.29, 1.82) is 0 Å². The minimum atomic E-state index is -0.675. The monoisotopic (exact) mass is 443 g/mol. The van der Waals surface area contributed by atoms with Gasteiger partial charge >= 0.3 is 0 Å². The van der Waals surface area contributed by atoms with E-state index in [1.54, 1.807) is 31.4 Å². The minimum Gasteiger partial charge on any atom is -0.507 e. The summed E-state index contributed by atoms with van der Waals surface area (Å²) in [5, 5.41) is 13.0. The number of unbranched alkanes of at least 4 members (excludes halogenated alkanes) is 2. The Bertz CT molecular complexity index is 947. The lowest BCUT2D eigenvalue weighted by atomic mass is 9.98. The van der Waals surface area contributed by atoms with E-state index < -0.39 is 17.7 Å². The highest BCUT2D eigenvalue weighted by Gasteiger charge is 2.46. The number of likely N-dealkylation sites (tertiary alicyclic amines) is 1. The van der Waals surface area contributed by atoms with Crippen LogP contribution >= 0.6 is 11.3 Å². The van der Waals surface area contributed by atoms with Crippen molar-refractivity contribution in [3.8, 4) is 5.75 Å². The number of Topliss-reactive ketones (excluding diaryl/α,β-unsaturated/α-hetero) is 1. The highest BCUT2D eigenvalue weighted by atomic mass is 32.1. The molecule has 1 unspecified atom stereocenters. The van der Waals surface area contributed by atoms with E-state index in [1.807, 2.05) is 18.4 Å². The summed E-state index contributed by atoms with van der Waals surface area (Å²) < 4.78 is 10.9. The molecule has 31 heavy (non-hydrogen) atoms. The van der Waals surface area contributed by atoms with Crippen LogP contribution in [0.15, 0.2) is 41.3 Å². The van der Waals surface area contributed by atoms with Crippen LogP contribution in [0.4, 0.5) is 0 Å². The maximum Gasteiger partial charge on any atom is 0.295 e. The van der Waals surface area contributed by atoms with E-state index in [-0.39, 0.29) is 17.9 Å². The smallest absolute Gasteiger partial charge is 0.295 e. The van der Waals surface area contributed by atoms with Crippen molar-refractivity contribution < 1.29 is 24.2 Å². The van der Waals surface area contributed by atoms with Gasteiger partial charge < -0.3 is 19.5 Å². The summed E-state index contributed by atoms with van der Waals surface area (Å²) in [6, 6.07) is 8.29. The Labute approximate surface area is 187 Å². The van der Waals surface area contributed by atoms with Crippen LogP contribution in [0.3, 0.4) is 0 Å². The number of ketones is 1. The molecule has 1 amide bonds. The number of nitrogens with zero attached hydrogens (tertiary/aromatic N) is 1. The molecule has 1 fully saturated rings. The average Bonchev–Trinajstić information content (AvgIpc) is 3.30. The molecule has 3 rings (SSSR count). The van der Waals surface area contributed by atoms with E-state index in [9.17, 15) is 14.7 Å². The van der Waals surface area contributed by atoms with Gasteiger partial charge in [-0.25, -0.2) is 0 Å². The number of aliphatic hydroxyl groups is 1. The number of benzene rings is 1. The number of carbonyl (C=O) groups is 2. The number of aryl methyl sites for hydroxylation is 1. The van der Waals surface area contributed by atoms with E-state index in [1.165, 1.54) is 16.2 Å². The Hall–Kier alpha value is -2.64. The Kier molecular flexibility index (Phi) is 7.87. The van der Waals surface area contributed by atoms with Crippen molar-refractivity contribution in [2.45, 2.75) is 39.2 Å². The van der Waals surface area contributed by atoms with Crippen molar-refractivity contribution >= 4 is 28.8 Å². The maximum absolute atomic E-state index is 12.9. The van der Waals surface area contributed by atoms with Gasteiger partial charge in [-0.1, -0.05) is 19.8 Å². The molecule has 1 aliphatic rings. The van der Waals surface area contributed by atoms with E-state index in [2.05, 4.69) is 6.92 Å². The van der Waals surface area contributed by atoms with Crippen LogP contribution in [0, 0.1) is 6.92 Å². The number of thiophene rings is 1. The van der Waals surface area contributed by atoms with E-state index >= 15 is 0 Å². The molecule has 1 N–H and O–H groups in total. The lowest BCUT2D eigenvalue weighted by Crippen LogP contribution is -2.32. The number of hydrogen-bond donors (Lipinski definition) is 1. The minimum absolute atomic E-state index is 0.114. The van der Waals surface area contributed by atoms with Crippen molar-refractivity contribution in [3.63, 3.8) is 0 Å². The molecule has 2 heterocycles. The van der Waals surface area contributed by atoms with Gasteiger partial charge in [-0.15, -0.1) is 11.3 Å². The molecular formula is C24H29NO5S. The van der Waals surface area contributed by atoms with Gasteiger partial charge in [-0.3, -0.25) is 9.59 Å². The van der Waals surface area contributed by atoms with Gasteiger partial charge in [0, 0.05) is 24.1 Å². The SMILES string of the molecule is CCCCCOc1ccc(/C(O)=C2/C(=O)C(=O)N(CCOC)C2c2sccc2C)cc1. The highest BCUT2D eigenvalue weighted by Crippen LogP contribution is 2.42. The van der Waals surface area contributed by atoms with Crippen molar-refractivity contribution in [2.75, 3.05) is 26.9 Å². The first kappa shape index (κ1) is 23.0. The third-order valence-electron chi connectivity index (χ3n) is 5.37. The van der Waals surface area contributed by atoms with E-state index in [0.717, 1.165) is 29.7 Å². The number of rotatable bonds is 10. The normalized spacial score (nSPS) is 18.0. The van der Waals surface area contributed by atoms with Gasteiger partial charge in [-0.2, -0.15) is 0 Å². The molecule has 0 saturated carbocycles. The van der Waals surface area contributed by atoms with Crippen molar-refractivity contribution in [1.82, 2.24) is 4.90 Å². The first-order chi connectivity index (χ1) is 15.0. The molecule has 1 saturated heterocycles. The average molecular weight is 444 g/mol. The van der Waals surface area contributed by atoms with Crippen LogP contribution in [0.2, 0.25) is 0 Å². The molecular weight excluding hydrogens is 414 g/mol. The first-order valence-corrected chi connectivity index (χ1v) is 11.4. The quantitative estimate of drug-likeness (QED) is 0.249. The number of amides is 1. The molecule has 6 nitrogen and oxygen atoms in total. The molecule has 0 aliphatic carbocycles. The number of ether oxygens (including phenoxy) is 2. The zero-order chi connectivity index (χ0) is 22.4. The van der Waals surface area contributed by atoms with Crippen molar-refractivity contribution in [2.24, 2.45) is 0 Å².